The predicted molar refractivity (Wildman–Crippen MR) is 59.7 cm³/mol. The van der Waals surface area contributed by atoms with Crippen molar-refractivity contribution in [2.24, 2.45) is 0 Å². The van der Waals surface area contributed by atoms with Gasteiger partial charge in [-0.3, -0.25) is 0 Å². The number of hydrogen-bond acceptors (Lipinski definition) is 2. The van der Waals surface area contributed by atoms with Crippen LogP contribution in [0.5, 0.6) is 0 Å². The van der Waals surface area contributed by atoms with Crippen LogP contribution >= 0.6 is 35.8 Å². The molecule has 1 aromatic carbocycles. The summed E-state index contributed by atoms with van der Waals surface area (Å²) in [6.07, 6.45) is 0. The van der Waals surface area contributed by atoms with E-state index in [2.05, 4.69) is 12.6 Å². The van der Waals surface area contributed by atoms with Crippen LogP contribution in [-0.4, -0.2) is 5.44 Å². The van der Waals surface area contributed by atoms with E-state index in [-0.39, 0.29) is 5.44 Å². The zero-order valence-corrected chi connectivity index (χ0v) is 9.53. The largest absolute Gasteiger partial charge is 0.363 e. The van der Waals surface area contributed by atoms with E-state index in [0.29, 0.717) is 16.7 Å². The van der Waals surface area contributed by atoms with Gasteiger partial charge in [0.25, 0.3) is 0 Å². The molecule has 0 saturated carbocycles. The molecule has 1 nitrogen and oxygen atoms in total. The molecule has 0 amide bonds. The monoisotopic (exact) mass is 236 g/mol. The van der Waals surface area contributed by atoms with Gasteiger partial charge in [-0.1, -0.05) is 23.2 Å². The van der Waals surface area contributed by atoms with Crippen molar-refractivity contribution in [3.8, 4) is 0 Å². The maximum absolute atomic E-state index is 5.81. The summed E-state index contributed by atoms with van der Waals surface area (Å²) in [5.41, 5.74) is 0.871. The summed E-state index contributed by atoms with van der Waals surface area (Å²) in [7, 11) is 0. The molecule has 13 heavy (non-hydrogen) atoms. The van der Waals surface area contributed by atoms with Gasteiger partial charge >= 0.3 is 0 Å². The molecule has 1 atom stereocenters. The van der Waals surface area contributed by atoms with Gasteiger partial charge in [0.1, 0.15) is 0 Å². The number of thiol groups is 1. The summed E-state index contributed by atoms with van der Waals surface area (Å²) in [6, 6.07) is 5.34. The van der Waals surface area contributed by atoms with Crippen molar-refractivity contribution in [2.75, 3.05) is 0 Å². The number of halogens is 2. The Morgan fingerprint density at radius 2 is 1.85 bits per heavy atom. The van der Waals surface area contributed by atoms with Gasteiger partial charge in [0.05, 0.1) is 12.0 Å². The molecule has 0 N–H and O–H groups in total. The second-order valence-corrected chi connectivity index (χ2v) is 4.29. The lowest BCUT2D eigenvalue weighted by Crippen LogP contribution is -1.99. The summed E-state index contributed by atoms with van der Waals surface area (Å²) < 4.78 is 5.28. The fourth-order valence-corrected chi connectivity index (χ4v) is 1.56. The third-order valence-electron chi connectivity index (χ3n) is 1.41. The van der Waals surface area contributed by atoms with Crippen molar-refractivity contribution < 1.29 is 4.74 Å². The van der Waals surface area contributed by atoms with Crippen LogP contribution in [0.15, 0.2) is 18.2 Å². The fraction of sp³-hybridized carbons (Fsp3) is 0.333. The van der Waals surface area contributed by atoms with Crippen molar-refractivity contribution in [1.29, 1.82) is 0 Å². The molecule has 0 spiro atoms. The number of hydrogen-bond donors (Lipinski definition) is 1. The predicted octanol–water partition coefficient (Wildman–Crippen LogP) is 3.79. The maximum Gasteiger partial charge on any atom is 0.0975 e. The summed E-state index contributed by atoms with van der Waals surface area (Å²) in [5.74, 6) is 0. The van der Waals surface area contributed by atoms with Crippen molar-refractivity contribution in [2.45, 2.75) is 19.0 Å². The molecule has 0 radical (unpaired) electrons. The topological polar surface area (TPSA) is 9.23 Å². The van der Waals surface area contributed by atoms with E-state index in [1.807, 2.05) is 19.1 Å². The highest BCUT2D eigenvalue weighted by atomic mass is 35.5. The van der Waals surface area contributed by atoms with Crippen LogP contribution in [0.25, 0.3) is 0 Å². The first-order valence-electron chi connectivity index (χ1n) is 3.82. The summed E-state index contributed by atoms with van der Waals surface area (Å²) >= 11 is 15.7. The number of rotatable bonds is 3. The fourth-order valence-electron chi connectivity index (χ4n) is 0.911. The van der Waals surface area contributed by atoms with Crippen molar-refractivity contribution in [1.82, 2.24) is 0 Å². The third kappa shape index (κ3) is 4.23. The molecule has 1 aromatic rings. The Labute approximate surface area is 93.4 Å². The minimum absolute atomic E-state index is 0.0854. The molecule has 0 bridgehead atoms. The Balaban J connectivity index is 2.66. The van der Waals surface area contributed by atoms with E-state index in [4.69, 9.17) is 27.9 Å². The lowest BCUT2D eigenvalue weighted by atomic mass is 10.2. The summed E-state index contributed by atoms with van der Waals surface area (Å²) in [6.45, 7) is 2.33. The van der Waals surface area contributed by atoms with Gasteiger partial charge in [-0.2, -0.15) is 0 Å². The minimum atomic E-state index is -0.0854. The second-order valence-electron chi connectivity index (χ2n) is 2.69. The smallest absolute Gasteiger partial charge is 0.0975 e. The molecular weight excluding hydrogens is 227 g/mol. The molecule has 0 aliphatic carbocycles. The van der Waals surface area contributed by atoms with Crippen LogP contribution in [-0.2, 0) is 11.3 Å². The van der Waals surface area contributed by atoms with E-state index in [0.717, 1.165) is 5.56 Å². The molecule has 0 aromatic heterocycles. The Bertz CT molecular complexity index is 269. The van der Waals surface area contributed by atoms with E-state index < -0.39 is 0 Å². The van der Waals surface area contributed by atoms with Gasteiger partial charge < -0.3 is 4.74 Å². The molecule has 0 aliphatic heterocycles. The minimum Gasteiger partial charge on any atom is -0.363 e. The van der Waals surface area contributed by atoms with Gasteiger partial charge in [0, 0.05) is 10.0 Å². The number of ether oxygens (including phenoxy) is 1. The first kappa shape index (κ1) is 11.2. The van der Waals surface area contributed by atoms with E-state index >= 15 is 0 Å². The van der Waals surface area contributed by atoms with Gasteiger partial charge in [-0.15, -0.1) is 12.6 Å². The van der Waals surface area contributed by atoms with Crippen LogP contribution in [0.1, 0.15) is 12.5 Å². The summed E-state index contributed by atoms with van der Waals surface area (Å²) in [4.78, 5) is 0. The standard InChI is InChI=1S/C9H10Cl2OS/c1-6(13)12-5-7-2-8(10)4-9(11)3-7/h2-4,6,13H,5H2,1H3. The number of benzene rings is 1. The average molecular weight is 237 g/mol. The van der Waals surface area contributed by atoms with Gasteiger partial charge in [0.15, 0.2) is 0 Å². The quantitative estimate of drug-likeness (QED) is 0.621. The van der Waals surface area contributed by atoms with Crippen molar-refractivity contribution >= 4 is 35.8 Å². The van der Waals surface area contributed by atoms with Gasteiger partial charge in [0.2, 0.25) is 0 Å². The van der Waals surface area contributed by atoms with Gasteiger partial charge in [-0.05, 0) is 30.7 Å². The first-order chi connectivity index (χ1) is 6.08. The Kier molecular flexibility index (Phi) is 4.39. The lowest BCUT2D eigenvalue weighted by molar-refractivity contribution is 0.112. The van der Waals surface area contributed by atoms with E-state index in [9.17, 15) is 0 Å². The van der Waals surface area contributed by atoms with Crippen LogP contribution < -0.4 is 0 Å². The van der Waals surface area contributed by atoms with Gasteiger partial charge in [-0.25, -0.2) is 0 Å². The molecule has 0 aliphatic rings. The highest BCUT2D eigenvalue weighted by Gasteiger charge is 2.00. The zero-order chi connectivity index (χ0) is 9.84. The van der Waals surface area contributed by atoms with Crippen LogP contribution in [0.2, 0.25) is 10.0 Å². The molecule has 0 fully saturated rings. The van der Waals surface area contributed by atoms with Crippen LogP contribution in [0.4, 0.5) is 0 Å². The van der Waals surface area contributed by atoms with Crippen molar-refractivity contribution in [3.63, 3.8) is 0 Å². The Morgan fingerprint density at radius 3 is 2.31 bits per heavy atom. The molecule has 1 rings (SSSR count). The highest BCUT2D eigenvalue weighted by Crippen LogP contribution is 2.19. The van der Waals surface area contributed by atoms with Crippen LogP contribution in [0.3, 0.4) is 0 Å². The SMILES string of the molecule is CC(S)OCc1cc(Cl)cc(Cl)c1. The molecule has 72 valence electrons. The first-order valence-corrected chi connectivity index (χ1v) is 5.10. The van der Waals surface area contributed by atoms with Crippen molar-refractivity contribution in [3.05, 3.63) is 33.8 Å². The Morgan fingerprint density at radius 1 is 1.31 bits per heavy atom. The van der Waals surface area contributed by atoms with Crippen LogP contribution in [0, 0.1) is 0 Å². The molecular formula is C9H10Cl2OS. The second kappa shape index (κ2) is 5.11. The third-order valence-corrected chi connectivity index (χ3v) is 2.00. The Hall–Kier alpha value is 0.110. The molecule has 4 heteroatoms. The zero-order valence-electron chi connectivity index (χ0n) is 7.13. The van der Waals surface area contributed by atoms with E-state index in [1.54, 1.807) is 6.07 Å². The lowest BCUT2D eigenvalue weighted by Gasteiger charge is -2.07. The summed E-state index contributed by atoms with van der Waals surface area (Å²) in [5, 5.41) is 1.25. The molecule has 0 heterocycles. The highest BCUT2D eigenvalue weighted by molar-refractivity contribution is 7.80. The van der Waals surface area contributed by atoms with E-state index in [1.165, 1.54) is 0 Å². The molecule has 0 saturated heterocycles. The average Bonchev–Trinajstić information content (AvgIpc) is 1.99. The molecule has 1 unspecified atom stereocenters. The normalized spacial score (nSPS) is 12.9. The maximum atomic E-state index is 5.81.